The summed E-state index contributed by atoms with van der Waals surface area (Å²) >= 11 is 0. The Balaban J connectivity index is 1.72. The number of fused-ring (bicyclic) bond motifs is 2. The second-order valence-electron chi connectivity index (χ2n) is 10.8. The Morgan fingerprint density at radius 2 is 1.67 bits per heavy atom. The minimum atomic E-state index is -1.40. The number of ether oxygens (including phenoxy) is 2. The van der Waals surface area contributed by atoms with Crippen LogP contribution in [0.4, 0.5) is 0 Å². The number of nitrogens with zero attached hydrogens (tertiary/aromatic N) is 1. The molecule has 2 aromatic rings. The van der Waals surface area contributed by atoms with Gasteiger partial charge in [-0.3, -0.25) is 9.59 Å². The standard InChI is InChI=1S/C28H35NO6Si/c1-5-13-33-28(32)26-24-21-16-18(30)11-12-20(21)22(25(26)27(31)34-14-15-36(2,3)4)17-23(24)29-35-19-9-7-6-8-10-19/h6-12,16,22,24-26,30H,5,13-15,17H2,1-4H3. The maximum atomic E-state index is 13.5. The highest BCUT2D eigenvalue weighted by Crippen LogP contribution is 2.55. The number of phenolic OH excluding ortho intramolecular Hbond substituents is 1. The summed E-state index contributed by atoms with van der Waals surface area (Å²) in [5, 5.41) is 14.7. The molecule has 3 aliphatic carbocycles. The molecule has 5 rings (SSSR count). The van der Waals surface area contributed by atoms with E-state index in [1.165, 1.54) is 0 Å². The summed E-state index contributed by atoms with van der Waals surface area (Å²) in [6.45, 7) is 9.23. The van der Waals surface area contributed by atoms with Crippen LogP contribution in [-0.2, 0) is 19.1 Å². The lowest BCUT2D eigenvalue weighted by Crippen LogP contribution is -2.51. The third-order valence-corrected chi connectivity index (χ3v) is 8.58. The number of hydrogen-bond acceptors (Lipinski definition) is 7. The van der Waals surface area contributed by atoms with Crippen LogP contribution in [-0.4, -0.2) is 44.0 Å². The van der Waals surface area contributed by atoms with Crippen molar-refractivity contribution in [2.24, 2.45) is 17.0 Å². The molecule has 2 bridgehead atoms. The van der Waals surface area contributed by atoms with Crippen molar-refractivity contribution in [2.75, 3.05) is 13.2 Å². The monoisotopic (exact) mass is 509 g/mol. The van der Waals surface area contributed by atoms with Gasteiger partial charge in [-0.05, 0) is 54.3 Å². The summed E-state index contributed by atoms with van der Waals surface area (Å²) in [6, 6.07) is 15.2. The van der Waals surface area contributed by atoms with Crippen molar-refractivity contribution in [2.45, 2.75) is 57.3 Å². The van der Waals surface area contributed by atoms with E-state index in [1.54, 1.807) is 24.3 Å². The number of benzene rings is 2. The first-order valence-electron chi connectivity index (χ1n) is 12.6. The average Bonchev–Trinajstić information content (AvgIpc) is 2.85. The highest BCUT2D eigenvalue weighted by Gasteiger charge is 2.57. The summed E-state index contributed by atoms with van der Waals surface area (Å²) < 4.78 is 11.3. The van der Waals surface area contributed by atoms with Gasteiger partial charge in [0.05, 0.1) is 30.8 Å². The second-order valence-corrected chi connectivity index (χ2v) is 16.4. The van der Waals surface area contributed by atoms with E-state index in [-0.39, 0.29) is 24.2 Å². The highest BCUT2D eigenvalue weighted by molar-refractivity contribution is 6.76. The van der Waals surface area contributed by atoms with E-state index in [0.717, 1.165) is 17.2 Å². The normalized spacial score (nSPS) is 23.7. The zero-order chi connectivity index (χ0) is 25.9. The Hall–Kier alpha value is -3.13. The smallest absolute Gasteiger partial charge is 0.310 e. The number of hydrogen-bond donors (Lipinski definition) is 1. The van der Waals surface area contributed by atoms with Gasteiger partial charge in [0.15, 0.2) is 5.75 Å². The van der Waals surface area contributed by atoms with Crippen LogP contribution in [0.15, 0.2) is 53.7 Å². The molecule has 1 fully saturated rings. The van der Waals surface area contributed by atoms with Gasteiger partial charge in [0.1, 0.15) is 5.75 Å². The number of carbonyl (C=O) groups is 2. The van der Waals surface area contributed by atoms with Gasteiger partial charge in [0.25, 0.3) is 0 Å². The van der Waals surface area contributed by atoms with E-state index in [1.807, 2.05) is 31.2 Å². The molecule has 0 spiro atoms. The summed E-state index contributed by atoms with van der Waals surface area (Å²) in [5.41, 5.74) is 2.38. The van der Waals surface area contributed by atoms with E-state index >= 15 is 0 Å². The molecule has 36 heavy (non-hydrogen) atoms. The molecule has 0 radical (unpaired) electrons. The summed E-state index contributed by atoms with van der Waals surface area (Å²) in [6.07, 6.45) is 1.13. The average molecular weight is 510 g/mol. The molecule has 0 amide bonds. The number of para-hydroxylation sites is 1. The first-order valence-corrected chi connectivity index (χ1v) is 16.3. The van der Waals surface area contributed by atoms with E-state index in [4.69, 9.17) is 14.3 Å². The maximum Gasteiger partial charge on any atom is 0.310 e. The van der Waals surface area contributed by atoms with Crippen LogP contribution >= 0.6 is 0 Å². The van der Waals surface area contributed by atoms with Crippen LogP contribution in [0.2, 0.25) is 25.7 Å². The Morgan fingerprint density at radius 3 is 2.36 bits per heavy atom. The lowest BCUT2D eigenvalue weighted by Gasteiger charge is -2.47. The van der Waals surface area contributed by atoms with E-state index < -0.39 is 31.8 Å². The first kappa shape index (κ1) is 25.9. The second kappa shape index (κ2) is 10.9. The summed E-state index contributed by atoms with van der Waals surface area (Å²) in [7, 11) is -1.40. The largest absolute Gasteiger partial charge is 0.508 e. The van der Waals surface area contributed by atoms with Crippen molar-refractivity contribution in [3.63, 3.8) is 0 Å². The molecular weight excluding hydrogens is 474 g/mol. The quantitative estimate of drug-likeness (QED) is 0.273. The topological polar surface area (TPSA) is 94.4 Å². The van der Waals surface area contributed by atoms with Gasteiger partial charge in [-0.2, -0.15) is 0 Å². The molecule has 4 atom stereocenters. The van der Waals surface area contributed by atoms with Crippen LogP contribution in [0.25, 0.3) is 0 Å². The van der Waals surface area contributed by atoms with Crippen LogP contribution in [0, 0.1) is 11.8 Å². The van der Waals surface area contributed by atoms with Gasteiger partial charge in [0.2, 0.25) is 0 Å². The molecule has 0 aliphatic heterocycles. The van der Waals surface area contributed by atoms with Crippen LogP contribution < -0.4 is 4.84 Å². The molecule has 0 aromatic heterocycles. The molecular formula is C28H35NO6Si. The van der Waals surface area contributed by atoms with E-state index in [2.05, 4.69) is 24.8 Å². The van der Waals surface area contributed by atoms with Gasteiger partial charge in [0, 0.05) is 19.9 Å². The van der Waals surface area contributed by atoms with Crippen molar-refractivity contribution in [1.82, 2.24) is 0 Å². The van der Waals surface area contributed by atoms with Crippen LogP contribution in [0.3, 0.4) is 0 Å². The van der Waals surface area contributed by atoms with Crippen molar-refractivity contribution >= 4 is 25.7 Å². The first-order chi connectivity index (χ1) is 17.2. The molecule has 1 saturated carbocycles. The molecule has 4 unspecified atom stereocenters. The summed E-state index contributed by atoms with van der Waals surface area (Å²) in [5.74, 6) is -2.52. The van der Waals surface area contributed by atoms with Gasteiger partial charge in [-0.15, -0.1) is 0 Å². The van der Waals surface area contributed by atoms with Gasteiger partial charge in [-0.25, -0.2) is 0 Å². The fourth-order valence-corrected chi connectivity index (χ4v) is 5.84. The van der Waals surface area contributed by atoms with Crippen LogP contribution in [0.1, 0.15) is 42.7 Å². The van der Waals surface area contributed by atoms with Crippen molar-refractivity contribution in [1.29, 1.82) is 0 Å². The highest BCUT2D eigenvalue weighted by atomic mass is 28.3. The molecule has 2 aromatic carbocycles. The molecule has 8 heteroatoms. The van der Waals surface area contributed by atoms with Crippen molar-refractivity contribution in [3.05, 3.63) is 59.7 Å². The number of oxime groups is 1. The molecule has 7 nitrogen and oxygen atoms in total. The minimum Gasteiger partial charge on any atom is -0.508 e. The molecule has 3 aliphatic rings. The predicted molar refractivity (Wildman–Crippen MR) is 140 cm³/mol. The lowest BCUT2D eigenvalue weighted by molar-refractivity contribution is -0.163. The van der Waals surface area contributed by atoms with Crippen LogP contribution in [0.5, 0.6) is 11.5 Å². The van der Waals surface area contributed by atoms with Crippen molar-refractivity contribution < 1.29 is 29.0 Å². The number of phenols is 1. The maximum absolute atomic E-state index is 13.5. The minimum absolute atomic E-state index is 0.0968. The fourth-order valence-electron chi connectivity index (χ4n) is 5.12. The molecule has 192 valence electrons. The third-order valence-electron chi connectivity index (χ3n) is 6.87. The number of aromatic hydroxyl groups is 1. The third kappa shape index (κ3) is 5.64. The Morgan fingerprint density at radius 1 is 0.972 bits per heavy atom. The summed E-state index contributed by atoms with van der Waals surface area (Å²) in [4.78, 5) is 32.6. The number of esters is 2. The van der Waals surface area contributed by atoms with Gasteiger partial charge in [-0.1, -0.05) is 56.0 Å². The van der Waals surface area contributed by atoms with Gasteiger partial charge >= 0.3 is 11.9 Å². The zero-order valence-electron chi connectivity index (χ0n) is 21.4. The SMILES string of the molecule is CCCOC(=O)C1C2C(=NOc3ccccc3)CC(c3ccc(O)cc32)C1C(=O)OCC[Si](C)(C)C. The zero-order valence-corrected chi connectivity index (χ0v) is 22.4. The Labute approximate surface area is 213 Å². The number of carbonyl (C=O) groups excluding carboxylic acids is 2. The van der Waals surface area contributed by atoms with Crippen molar-refractivity contribution in [3.8, 4) is 11.5 Å². The number of rotatable bonds is 9. The lowest BCUT2D eigenvalue weighted by atomic mass is 9.55. The molecule has 0 saturated heterocycles. The Kier molecular flexibility index (Phi) is 7.83. The van der Waals surface area contributed by atoms with E-state index in [9.17, 15) is 14.7 Å². The fraction of sp³-hybridized carbons (Fsp3) is 0.464. The van der Waals surface area contributed by atoms with Gasteiger partial charge < -0.3 is 19.4 Å². The van der Waals surface area contributed by atoms with E-state index in [0.29, 0.717) is 30.9 Å². The predicted octanol–water partition coefficient (Wildman–Crippen LogP) is 5.48. The molecule has 0 heterocycles. The molecule has 1 N–H and O–H groups in total. The Bertz CT molecular complexity index is 1130.